The molecule has 0 radical (unpaired) electrons. The molecule has 0 heterocycles. The van der Waals surface area contributed by atoms with Gasteiger partial charge >= 0.3 is 0 Å². The fourth-order valence-electron chi connectivity index (χ4n) is 1.81. The minimum Gasteiger partial charge on any atom is -0.496 e. The Morgan fingerprint density at radius 1 is 1.18 bits per heavy atom. The third-order valence-electron chi connectivity index (χ3n) is 2.56. The van der Waals surface area contributed by atoms with Gasteiger partial charge in [0, 0.05) is 15.6 Å². The molecule has 0 spiro atoms. The molecule has 0 bridgehead atoms. The first-order valence-corrected chi connectivity index (χ1v) is 6.02. The fraction of sp³-hybridized carbons (Fsp3) is 0.143. The Hall–Kier alpha value is -1.35. The van der Waals surface area contributed by atoms with Crippen LogP contribution in [0.25, 0.3) is 11.1 Å². The van der Waals surface area contributed by atoms with Crippen LogP contribution in [0.3, 0.4) is 0 Å². The van der Waals surface area contributed by atoms with Crippen molar-refractivity contribution in [3.05, 3.63) is 52.3 Å². The highest BCUT2D eigenvalue weighted by Gasteiger charge is 2.14. The summed E-state index contributed by atoms with van der Waals surface area (Å²) in [6.45, 7) is 1.86. The molecule has 0 unspecified atom stereocenters. The number of rotatable bonds is 2. The van der Waals surface area contributed by atoms with Crippen LogP contribution in [0.5, 0.6) is 5.75 Å². The topological polar surface area (TPSA) is 9.23 Å². The summed E-state index contributed by atoms with van der Waals surface area (Å²) >= 11 is 3.40. The molecule has 0 amide bonds. The summed E-state index contributed by atoms with van der Waals surface area (Å²) in [4.78, 5) is 0. The lowest BCUT2D eigenvalue weighted by molar-refractivity contribution is 0.416. The smallest absolute Gasteiger partial charge is 0.132 e. The monoisotopic (exact) mass is 294 g/mol. The Bertz CT molecular complexity index is 529. The van der Waals surface area contributed by atoms with Crippen molar-refractivity contribution in [2.75, 3.05) is 7.11 Å². The maximum atomic E-state index is 14.0. The van der Waals surface area contributed by atoms with Crippen molar-refractivity contribution < 1.29 is 9.13 Å². The molecular weight excluding hydrogens is 283 g/mol. The minimum atomic E-state index is -0.249. The van der Waals surface area contributed by atoms with Crippen LogP contribution in [0.15, 0.2) is 40.9 Å². The number of aryl methyl sites for hydroxylation is 1. The number of halogens is 2. The quantitative estimate of drug-likeness (QED) is 0.788. The predicted octanol–water partition coefficient (Wildman–Crippen LogP) is 4.57. The van der Waals surface area contributed by atoms with E-state index in [0.29, 0.717) is 11.3 Å². The lowest BCUT2D eigenvalue weighted by Crippen LogP contribution is -1.92. The van der Waals surface area contributed by atoms with Crippen LogP contribution in [0.2, 0.25) is 0 Å². The Morgan fingerprint density at radius 3 is 2.53 bits per heavy atom. The van der Waals surface area contributed by atoms with E-state index < -0.39 is 0 Å². The summed E-state index contributed by atoms with van der Waals surface area (Å²) in [7, 11) is 1.58. The van der Waals surface area contributed by atoms with Crippen molar-refractivity contribution in [2.24, 2.45) is 0 Å². The van der Waals surface area contributed by atoms with Crippen LogP contribution in [-0.4, -0.2) is 7.11 Å². The van der Waals surface area contributed by atoms with Crippen LogP contribution >= 0.6 is 15.9 Å². The van der Waals surface area contributed by atoms with E-state index in [2.05, 4.69) is 15.9 Å². The van der Waals surface area contributed by atoms with E-state index in [1.165, 1.54) is 6.07 Å². The molecular formula is C14H12BrFO. The average molecular weight is 295 g/mol. The second-order valence-corrected chi connectivity index (χ2v) is 4.66. The molecule has 0 fully saturated rings. The molecule has 0 N–H and O–H groups in total. The summed E-state index contributed by atoms with van der Waals surface area (Å²) in [6.07, 6.45) is 0. The van der Waals surface area contributed by atoms with Crippen LogP contribution in [0.1, 0.15) is 5.56 Å². The normalized spacial score (nSPS) is 10.4. The number of para-hydroxylation sites is 1. The number of ether oxygens (including phenoxy) is 1. The van der Waals surface area contributed by atoms with Gasteiger partial charge in [-0.3, -0.25) is 0 Å². The van der Waals surface area contributed by atoms with Gasteiger partial charge in [-0.1, -0.05) is 34.1 Å². The molecule has 0 saturated heterocycles. The van der Waals surface area contributed by atoms with E-state index in [-0.39, 0.29) is 5.82 Å². The molecule has 88 valence electrons. The SMILES string of the molecule is COc1ccccc1-c1c(F)cc(C)cc1Br. The molecule has 0 aromatic heterocycles. The fourth-order valence-corrected chi connectivity index (χ4v) is 2.57. The molecule has 0 aliphatic carbocycles. The Kier molecular flexibility index (Phi) is 3.48. The van der Waals surface area contributed by atoms with E-state index in [0.717, 1.165) is 15.6 Å². The highest BCUT2D eigenvalue weighted by molar-refractivity contribution is 9.10. The molecule has 0 aliphatic heterocycles. The zero-order valence-electron chi connectivity index (χ0n) is 9.63. The Labute approximate surface area is 108 Å². The maximum absolute atomic E-state index is 14.0. The van der Waals surface area contributed by atoms with Gasteiger partial charge in [0.1, 0.15) is 11.6 Å². The number of methoxy groups -OCH3 is 1. The first kappa shape index (κ1) is 12.1. The molecule has 1 nitrogen and oxygen atoms in total. The average Bonchev–Trinajstić information content (AvgIpc) is 2.28. The second-order valence-electron chi connectivity index (χ2n) is 3.80. The molecule has 2 aromatic carbocycles. The minimum absolute atomic E-state index is 0.249. The van der Waals surface area contributed by atoms with Crippen molar-refractivity contribution in [1.82, 2.24) is 0 Å². The van der Waals surface area contributed by atoms with Crippen molar-refractivity contribution in [3.63, 3.8) is 0 Å². The first-order valence-electron chi connectivity index (χ1n) is 5.22. The third kappa shape index (κ3) is 2.34. The van der Waals surface area contributed by atoms with Crippen LogP contribution in [0.4, 0.5) is 4.39 Å². The number of hydrogen-bond acceptors (Lipinski definition) is 1. The zero-order valence-corrected chi connectivity index (χ0v) is 11.2. The largest absolute Gasteiger partial charge is 0.496 e. The zero-order chi connectivity index (χ0) is 12.4. The van der Waals surface area contributed by atoms with Gasteiger partial charge in [-0.2, -0.15) is 0 Å². The standard InChI is InChI=1S/C14H12BrFO/c1-9-7-11(15)14(12(16)8-9)10-5-3-4-6-13(10)17-2/h3-8H,1-2H3. The molecule has 17 heavy (non-hydrogen) atoms. The molecule has 0 aliphatic rings. The van der Waals surface area contributed by atoms with Gasteiger partial charge in [0.15, 0.2) is 0 Å². The first-order chi connectivity index (χ1) is 8.13. The molecule has 2 aromatic rings. The van der Waals surface area contributed by atoms with E-state index in [9.17, 15) is 4.39 Å². The van der Waals surface area contributed by atoms with E-state index in [1.807, 2.05) is 37.3 Å². The molecule has 0 atom stereocenters. The highest BCUT2D eigenvalue weighted by Crippen LogP contribution is 2.37. The van der Waals surface area contributed by atoms with Gasteiger partial charge in [-0.05, 0) is 30.7 Å². The van der Waals surface area contributed by atoms with E-state index in [1.54, 1.807) is 7.11 Å². The van der Waals surface area contributed by atoms with Gasteiger partial charge in [0.25, 0.3) is 0 Å². The van der Waals surface area contributed by atoms with E-state index >= 15 is 0 Å². The van der Waals surface area contributed by atoms with Crippen molar-refractivity contribution >= 4 is 15.9 Å². The van der Waals surface area contributed by atoms with Crippen molar-refractivity contribution in [1.29, 1.82) is 0 Å². The van der Waals surface area contributed by atoms with Gasteiger partial charge in [0.05, 0.1) is 7.11 Å². The Balaban J connectivity index is 2.68. The Morgan fingerprint density at radius 2 is 1.88 bits per heavy atom. The summed E-state index contributed by atoms with van der Waals surface area (Å²) in [5.74, 6) is 0.414. The van der Waals surface area contributed by atoms with E-state index in [4.69, 9.17) is 4.74 Å². The third-order valence-corrected chi connectivity index (χ3v) is 3.19. The van der Waals surface area contributed by atoms with Crippen molar-refractivity contribution in [3.8, 4) is 16.9 Å². The van der Waals surface area contributed by atoms with Crippen LogP contribution in [-0.2, 0) is 0 Å². The second kappa shape index (κ2) is 4.88. The molecule has 0 saturated carbocycles. The summed E-state index contributed by atoms with van der Waals surface area (Å²) < 4.78 is 20.0. The van der Waals surface area contributed by atoms with Gasteiger partial charge in [-0.25, -0.2) is 4.39 Å². The van der Waals surface area contributed by atoms with Crippen LogP contribution < -0.4 is 4.74 Å². The summed E-state index contributed by atoms with van der Waals surface area (Å²) in [5, 5.41) is 0. The predicted molar refractivity (Wildman–Crippen MR) is 70.8 cm³/mol. The molecule has 2 rings (SSSR count). The summed E-state index contributed by atoms with van der Waals surface area (Å²) in [6, 6.07) is 10.8. The van der Waals surface area contributed by atoms with Gasteiger partial charge < -0.3 is 4.74 Å². The van der Waals surface area contributed by atoms with Gasteiger partial charge in [-0.15, -0.1) is 0 Å². The highest BCUT2D eigenvalue weighted by atomic mass is 79.9. The van der Waals surface area contributed by atoms with Crippen LogP contribution in [0, 0.1) is 12.7 Å². The maximum Gasteiger partial charge on any atom is 0.132 e. The van der Waals surface area contributed by atoms with Crippen molar-refractivity contribution in [2.45, 2.75) is 6.92 Å². The molecule has 3 heteroatoms. The lowest BCUT2D eigenvalue weighted by atomic mass is 10.0. The summed E-state index contributed by atoms with van der Waals surface area (Å²) in [5.41, 5.74) is 2.17. The van der Waals surface area contributed by atoms with Gasteiger partial charge in [0.2, 0.25) is 0 Å². The lowest BCUT2D eigenvalue weighted by Gasteiger charge is -2.11. The number of hydrogen-bond donors (Lipinski definition) is 0. The number of benzene rings is 2.